The van der Waals surface area contributed by atoms with Gasteiger partial charge in [-0.1, -0.05) is 6.92 Å². The Labute approximate surface area is 108 Å². The normalized spacial score (nSPS) is 23.9. The van der Waals surface area contributed by atoms with Crippen LogP contribution in [-0.2, 0) is 0 Å². The maximum absolute atomic E-state index is 11.8. The molecular weight excluding hydrogens is 240 g/mol. The van der Waals surface area contributed by atoms with Gasteiger partial charge >= 0.3 is 0 Å². The SMILES string of the molecule is Cc1ccc(C(=O)NC2CNCCC2C)o1.Cl. The van der Waals surface area contributed by atoms with Crippen LogP contribution in [0.1, 0.15) is 29.7 Å². The molecule has 1 aliphatic heterocycles. The molecule has 0 aliphatic carbocycles. The number of rotatable bonds is 2. The van der Waals surface area contributed by atoms with Crippen LogP contribution < -0.4 is 10.6 Å². The molecule has 96 valence electrons. The highest BCUT2D eigenvalue weighted by Gasteiger charge is 2.23. The molecule has 2 atom stereocenters. The van der Waals surface area contributed by atoms with E-state index in [0.717, 1.165) is 25.3 Å². The number of halogens is 1. The number of hydrogen-bond acceptors (Lipinski definition) is 3. The van der Waals surface area contributed by atoms with Crippen molar-refractivity contribution in [2.45, 2.75) is 26.3 Å². The summed E-state index contributed by atoms with van der Waals surface area (Å²) in [6.07, 6.45) is 1.10. The Balaban J connectivity index is 0.00000144. The number of nitrogens with one attached hydrogen (secondary N) is 2. The van der Waals surface area contributed by atoms with E-state index in [9.17, 15) is 4.79 Å². The first kappa shape index (κ1) is 14.1. The van der Waals surface area contributed by atoms with Gasteiger partial charge in [0.1, 0.15) is 5.76 Å². The quantitative estimate of drug-likeness (QED) is 0.850. The van der Waals surface area contributed by atoms with Crippen molar-refractivity contribution in [3.05, 3.63) is 23.7 Å². The topological polar surface area (TPSA) is 54.3 Å². The van der Waals surface area contributed by atoms with Crippen LogP contribution in [-0.4, -0.2) is 25.0 Å². The van der Waals surface area contributed by atoms with E-state index >= 15 is 0 Å². The number of piperidine rings is 1. The van der Waals surface area contributed by atoms with E-state index in [-0.39, 0.29) is 24.4 Å². The molecule has 1 fully saturated rings. The lowest BCUT2D eigenvalue weighted by Gasteiger charge is -2.29. The van der Waals surface area contributed by atoms with Gasteiger partial charge in [-0.05, 0) is 37.9 Å². The molecule has 0 bridgehead atoms. The second-order valence-electron chi connectivity index (χ2n) is 4.46. The van der Waals surface area contributed by atoms with E-state index in [1.165, 1.54) is 0 Å². The molecule has 1 aromatic rings. The fourth-order valence-electron chi connectivity index (χ4n) is 1.98. The lowest BCUT2D eigenvalue weighted by molar-refractivity contribution is 0.0885. The van der Waals surface area contributed by atoms with E-state index in [4.69, 9.17) is 4.42 Å². The Morgan fingerprint density at radius 2 is 2.29 bits per heavy atom. The van der Waals surface area contributed by atoms with Crippen LogP contribution in [0.4, 0.5) is 0 Å². The molecule has 2 rings (SSSR count). The number of carbonyl (C=O) groups excluding carboxylic acids is 1. The van der Waals surface area contributed by atoms with Crippen molar-refractivity contribution in [2.75, 3.05) is 13.1 Å². The molecule has 0 spiro atoms. The van der Waals surface area contributed by atoms with Gasteiger partial charge in [0.15, 0.2) is 5.76 Å². The molecule has 1 amide bonds. The van der Waals surface area contributed by atoms with Gasteiger partial charge in [0, 0.05) is 12.6 Å². The van der Waals surface area contributed by atoms with Crippen molar-refractivity contribution in [2.24, 2.45) is 5.92 Å². The highest BCUT2D eigenvalue weighted by Crippen LogP contribution is 2.13. The molecule has 2 N–H and O–H groups in total. The third-order valence-corrected chi connectivity index (χ3v) is 3.11. The lowest BCUT2D eigenvalue weighted by atomic mass is 9.95. The second-order valence-corrected chi connectivity index (χ2v) is 4.46. The highest BCUT2D eigenvalue weighted by atomic mass is 35.5. The van der Waals surface area contributed by atoms with Gasteiger partial charge in [-0.25, -0.2) is 0 Å². The minimum absolute atomic E-state index is 0. The Morgan fingerprint density at radius 1 is 1.53 bits per heavy atom. The van der Waals surface area contributed by atoms with E-state index < -0.39 is 0 Å². The van der Waals surface area contributed by atoms with Gasteiger partial charge in [-0.3, -0.25) is 4.79 Å². The first-order chi connectivity index (χ1) is 7.66. The molecule has 2 unspecified atom stereocenters. The van der Waals surface area contributed by atoms with Crippen molar-refractivity contribution in [1.29, 1.82) is 0 Å². The summed E-state index contributed by atoms with van der Waals surface area (Å²) in [6.45, 7) is 5.88. The molecule has 0 saturated carbocycles. The number of amides is 1. The van der Waals surface area contributed by atoms with Gasteiger partial charge in [0.2, 0.25) is 0 Å². The van der Waals surface area contributed by atoms with Gasteiger partial charge in [-0.2, -0.15) is 0 Å². The van der Waals surface area contributed by atoms with E-state index in [2.05, 4.69) is 17.6 Å². The first-order valence-corrected chi connectivity index (χ1v) is 5.75. The predicted molar refractivity (Wildman–Crippen MR) is 68.6 cm³/mol. The van der Waals surface area contributed by atoms with Crippen molar-refractivity contribution in [3.63, 3.8) is 0 Å². The summed E-state index contributed by atoms with van der Waals surface area (Å²) in [5, 5.41) is 6.28. The number of hydrogen-bond donors (Lipinski definition) is 2. The zero-order chi connectivity index (χ0) is 11.5. The maximum atomic E-state index is 11.8. The Morgan fingerprint density at radius 3 is 2.88 bits per heavy atom. The number of carbonyl (C=O) groups is 1. The number of furan rings is 1. The summed E-state index contributed by atoms with van der Waals surface area (Å²) in [7, 11) is 0. The fourth-order valence-corrected chi connectivity index (χ4v) is 1.98. The molecule has 1 aromatic heterocycles. The smallest absolute Gasteiger partial charge is 0.287 e. The maximum Gasteiger partial charge on any atom is 0.287 e. The Hall–Kier alpha value is -1.00. The second kappa shape index (κ2) is 6.07. The van der Waals surface area contributed by atoms with E-state index in [0.29, 0.717) is 11.7 Å². The van der Waals surface area contributed by atoms with E-state index in [1.807, 2.05) is 6.92 Å². The Bertz CT molecular complexity index is 378. The minimum Gasteiger partial charge on any atom is -0.456 e. The van der Waals surface area contributed by atoms with E-state index in [1.54, 1.807) is 12.1 Å². The predicted octanol–water partition coefficient (Wildman–Crippen LogP) is 1.74. The molecule has 5 heteroatoms. The largest absolute Gasteiger partial charge is 0.456 e. The average molecular weight is 259 g/mol. The standard InChI is InChI=1S/C12H18N2O2.ClH/c1-8-5-6-13-7-10(8)14-12(15)11-4-3-9(2)16-11;/h3-4,8,10,13H,5-7H2,1-2H3,(H,14,15);1H. The Kier molecular flexibility index (Phi) is 5.02. The summed E-state index contributed by atoms with van der Waals surface area (Å²) in [5.41, 5.74) is 0. The summed E-state index contributed by atoms with van der Waals surface area (Å²) < 4.78 is 5.29. The highest BCUT2D eigenvalue weighted by molar-refractivity contribution is 5.91. The van der Waals surface area contributed by atoms with Gasteiger partial charge < -0.3 is 15.1 Å². The molecule has 1 saturated heterocycles. The van der Waals surface area contributed by atoms with Gasteiger partial charge in [0.05, 0.1) is 0 Å². The molecule has 4 nitrogen and oxygen atoms in total. The molecule has 1 aliphatic rings. The third kappa shape index (κ3) is 3.48. The van der Waals surface area contributed by atoms with Crippen LogP contribution >= 0.6 is 12.4 Å². The van der Waals surface area contributed by atoms with Crippen LogP contribution in [0.25, 0.3) is 0 Å². The lowest BCUT2D eigenvalue weighted by Crippen LogP contribution is -2.50. The van der Waals surface area contributed by atoms with Crippen molar-refractivity contribution in [1.82, 2.24) is 10.6 Å². The first-order valence-electron chi connectivity index (χ1n) is 5.75. The summed E-state index contributed by atoms with van der Waals surface area (Å²) in [5.74, 6) is 1.56. The minimum atomic E-state index is -0.117. The summed E-state index contributed by atoms with van der Waals surface area (Å²) >= 11 is 0. The third-order valence-electron chi connectivity index (χ3n) is 3.11. The fraction of sp³-hybridized carbons (Fsp3) is 0.583. The van der Waals surface area contributed by atoms with Crippen LogP contribution in [0.5, 0.6) is 0 Å². The molecular formula is C12H19ClN2O2. The van der Waals surface area contributed by atoms with Crippen molar-refractivity contribution < 1.29 is 9.21 Å². The zero-order valence-corrected chi connectivity index (χ0v) is 11.0. The van der Waals surface area contributed by atoms with Crippen LogP contribution in [0.15, 0.2) is 16.5 Å². The molecule has 2 heterocycles. The van der Waals surface area contributed by atoms with Gasteiger partial charge in [-0.15, -0.1) is 12.4 Å². The zero-order valence-electron chi connectivity index (χ0n) is 10.2. The van der Waals surface area contributed by atoms with Crippen molar-refractivity contribution in [3.8, 4) is 0 Å². The van der Waals surface area contributed by atoms with Crippen molar-refractivity contribution >= 4 is 18.3 Å². The summed E-state index contributed by atoms with van der Waals surface area (Å²) in [6, 6.07) is 3.72. The van der Waals surface area contributed by atoms with Crippen LogP contribution in [0.2, 0.25) is 0 Å². The monoisotopic (exact) mass is 258 g/mol. The molecule has 0 radical (unpaired) electrons. The van der Waals surface area contributed by atoms with Crippen LogP contribution in [0.3, 0.4) is 0 Å². The van der Waals surface area contributed by atoms with Crippen LogP contribution in [0, 0.1) is 12.8 Å². The summed E-state index contributed by atoms with van der Waals surface area (Å²) in [4.78, 5) is 11.8. The van der Waals surface area contributed by atoms with Gasteiger partial charge in [0.25, 0.3) is 5.91 Å². The molecule has 17 heavy (non-hydrogen) atoms. The number of aryl methyl sites for hydroxylation is 1. The molecule has 0 aromatic carbocycles. The average Bonchev–Trinajstić information content (AvgIpc) is 2.68.